The van der Waals surface area contributed by atoms with Crippen LogP contribution in [0.15, 0.2) is 18.2 Å². The predicted molar refractivity (Wildman–Crippen MR) is 68.0 cm³/mol. The fourth-order valence-corrected chi connectivity index (χ4v) is 1.74. The zero-order valence-corrected chi connectivity index (χ0v) is 10.3. The van der Waals surface area contributed by atoms with Gasteiger partial charge in [0.2, 0.25) is 6.79 Å². The standard InChI is InChI=1S/C13H18N2O3/c14-13(15)3-1-2-6-16-8-10-4-5-11-12(7-10)18-9-17-11/h4-5,7H,1-3,6,8-9H2,(H3,14,15). The Morgan fingerprint density at radius 1 is 1.28 bits per heavy atom. The van der Waals surface area contributed by atoms with Crippen LogP contribution in [0.5, 0.6) is 11.5 Å². The Bertz CT molecular complexity index is 421. The molecule has 1 heterocycles. The molecule has 18 heavy (non-hydrogen) atoms. The molecule has 0 aromatic heterocycles. The van der Waals surface area contributed by atoms with Gasteiger partial charge in [0.1, 0.15) is 0 Å². The first-order valence-electron chi connectivity index (χ1n) is 6.05. The van der Waals surface area contributed by atoms with Gasteiger partial charge in [-0.3, -0.25) is 5.41 Å². The monoisotopic (exact) mass is 250 g/mol. The van der Waals surface area contributed by atoms with Crippen molar-refractivity contribution in [1.82, 2.24) is 0 Å². The number of benzene rings is 1. The lowest BCUT2D eigenvalue weighted by Gasteiger charge is -2.05. The van der Waals surface area contributed by atoms with Gasteiger partial charge in [0.15, 0.2) is 11.5 Å². The lowest BCUT2D eigenvalue weighted by molar-refractivity contribution is 0.117. The minimum atomic E-state index is 0.241. The molecule has 0 unspecified atom stereocenters. The molecule has 0 fully saturated rings. The third-order valence-electron chi connectivity index (χ3n) is 2.69. The number of ether oxygens (including phenoxy) is 3. The van der Waals surface area contributed by atoms with Crippen LogP contribution in [0.1, 0.15) is 24.8 Å². The molecule has 0 amide bonds. The van der Waals surface area contributed by atoms with Gasteiger partial charge in [0, 0.05) is 13.0 Å². The Balaban J connectivity index is 1.66. The zero-order valence-electron chi connectivity index (χ0n) is 10.3. The van der Waals surface area contributed by atoms with Crippen LogP contribution in [0.3, 0.4) is 0 Å². The quantitative estimate of drug-likeness (QED) is 0.441. The molecule has 0 saturated carbocycles. The van der Waals surface area contributed by atoms with Crippen molar-refractivity contribution in [3.05, 3.63) is 23.8 Å². The van der Waals surface area contributed by atoms with Crippen molar-refractivity contribution >= 4 is 5.84 Å². The van der Waals surface area contributed by atoms with Crippen LogP contribution >= 0.6 is 0 Å². The highest BCUT2D eigenvalue weighted by atomic mass is 16.7. The highest BCUT2D eigenvalue weighted by Crippen LogP contribution is 2.32. The van der Waals surface area contributed by atoms with E-state index < -0.39 is 0 Å². The Morgan fingerprint density at radius 3 is 2.94 bits per heavy atom. The molecule has 0 spiro atoms. The van der Waals surface area contributed by atoms with E-state index in [4.69, 9.17) is 25.4 Å². The summed E-state index contributed by atoms with van der Waals surface area (Å²) in [5.41, 5.74) is 6.34. The van der Waals surface area contributed by atoms with E-state index >= 15 is 0 Å². The first kappa shape index (κ1) is 12.7. The molecule has 1 aliphatic rings. The van der Waals surface area contributed by atoms with Gasteiger partial charge in [-0.25, -0.2) is 0 Å². The van der Waals surface area contributed by atoms with E-state index in [1.54, 1.807) is 0 Å². The maximum Gasteiger partial charge on any atom is 0.231 e. The van der Waals surface area contributed by atoms with Gasteiger partial charge < -0.3 is 19.9 Å². The average Bonchev–Trinajstić information content (AvgIpc) is 2.80. The summed E-state index contributed by atoms with van der Waals surface area (Å²) in [4.78, 5) is 0. The highest BCUT2D eigenvalue weighted by Gasteiger charge is 2.12. The third-order valence-corrected chi connectivity index (χ3v) is 2.69. The summed E-state index contributed by atoms with van der Waals surface area (Å²) in [6.07, 6.45) is 2.47. The molecule has 5 heteroatoms. The lowest BCUT2D eigenvalue weighted by atomic mass is 10.2. The number of fused-ring (bicyclic) bond motifs is 1. The zero-order chi connectivity index (χ0) is 12.8. The minimum absolute atomic E-state index is 0.241. The van der Waals surface area contributed by atoms with E-state index in [1.807, 2.05) is 18.2 Å². The SMILES string of the molecule is N=C(N)CCCCOCc1ccc2c(c1)OCO2. The summed E-state index contributed by atoms with van der Waals surface area (Å²) in [6.45, 7) is 1.54. The minimum Gasteiger partial charge on any atom is -0.454 e. The summed E-state index contributed by atoms with van der Waals surface area (Å²) in [7, 11) is 0. The second-order valence-corrected chi connectivity index (χ2v) is 4.22. The van der Waals surface area contributed by atoms with Crippen molar-refractivity contribution in [3.63, 3.8) is 0 Å². The summed E-state index contributed by atoms with van der Waals surface area (Å²) < 4.78 is 16.1. The van der Waals surface area contributed by atoms with Crippen LogP contribution in [0, 0.1) is 5.41 Å². The van der Waals surface area contributed by atoms with E-state index in [9.17, 15) is 0 Å². The van der Waals surface area contributed by atoms with Crippen molar-refractivity contribution in [1.29, 1.82) is 5.41 Å². The first-order chi connectivity index (χ1) is 8.75. The summed E-state index contributed by atoms with van der Waals surface area (Å²) in [5, 5.41) is 7.09. The maximum absolute atomic E-state index is 7.09. The average molecular weight is 250 g/mol. The molecule has 3 N–H and O–H groups in total. The van der Waals surface area contributed by atoms with Gasteiger partial charge in [0.25, 0.3) is 0 Å². The molecule has 0 atom stereocenters. The van der Waals surface area contributed by atoms with E-state index in [1.165, 1.54) is 0 Å². The van der Waals surface area contributed by atoms with E-state index in [-0.39, 0.29) is 5.84 Å². The summed E-state index contributed by atoms with van der Waals surface area (Å²) in [6, 6.07) is 5.82. The van der Waals surface area contributed by atoms with Crippen molar-refractivity contribution in [2.45, 2.75) is 25.9 Å². The van der Waals surface area contributed by atoms with Gasteiger partial charge >= 0.3 is 0 Å². The van der Waals surface area contributed by atoms with Crippen LogP contribution < -0.4 is 15.2 Å². The largest absolute Gasteiger partial charge is 0.454 e. The van der Waals surface area contributed by atoms with Crippen LogP contribution in [0.4, 0.5) is 0 Å². The van der Waals surface area contributed by atoms with Gasteiger partial charge in [-0.2, -0.15) is 0 Å². The molecular formula is C13H18N2O3. The molecule has 0 radical (unpaired) electrons. The van der Waals surface area contributed by atoms with Crippen molar-refractivity contribution in [3.8, 4) is 11.5 Å². The highest BCUT2D eigenvalue weighted by molar-refractivity contribution is 5.76. The molecule has 0 aliphatic carbocycles. The Kier molecular flexibility index (Phi) is 4.41. The number of rotatable bonds is 7. The van der Waals surface area contributed by atoms with E-state index in [0.717, 1.165) is 29.9 Å². The van der Waals surface area contributed by atoms with Gasteiger partial charge in [-0.1, -0.05) is 6.07 Å². The number of nitrogens with two attached hydrogens (primary N) is 1. The van der Waals surface area contributed by atoms with Crippen molar-refractivity contribution < 1.29 is 14.2 Å². The van der Waals surface area contributed by atoms with Crippen LogP contribution in [-0.2, 0) is 11.3 Å². The maximum atomic E-state index is 7.09. The molecule has 1 aromatic rings. The fraction of sp³-hybridized carbons (Fsp3) is 0.462. The first-order valence-corrected chi connectivity index (χ1v) is 6.05. The van der Waals surface area contributed by atoms with Crippen molar-refractivity contribution in [2.75, 3.05) is 13.4 Å². The molecule has 98 valence electrons. The predicted octanol–water partition coefficient (Wildman–Crippen LogP) is 2.04. The molecule has 1 aromatic carbocycles. The Hall–Kier alpha value is -1.75. The second-order valence-electron chi connectivity index (χ2n) is 4.22. The van der Waals surface area contributed by atoms with Gasteiger partial charge in [0.05, 0.1) is 12.4 Å². The lowest BCUT2D eigenvalue weighted by Crippen LogP contribution is -2.09. The van der Waals surface area contributed by atoms with Crippen LogP contribution in [-0.4, -0.2) is 19.2 Å². The van der Waals surface area contributed by atoms with Gasteiger partial charge in [-0.15, -0.1) is 0 Å². The van der Waals surface area contributed by atoms with E-state index in [0.29, 0.717) is 26.4 Å². The number of hydrogen-bond donors (Lipinski definition) is 2. The molecular weight excluding hydrogens is 232 g/mol. The number of unbranched alkanes of at least 4 members (excludes halogenated alkanes) is 1. The molecule has 0 bridgehead atoms. The molecule has 5 nitrogen and oxygen atoms in total. The van der Waals surface area contributed by atoms with Crippen LogP contribution in [0.2, 0.25) is 0 Å². The number of hydrogen-bond acceptors (Lipinski definition) is 4. The van der Waals surface area contributed by atoms with E-state index in [2.05, 4.69) is 0 Å². The van der Waals surface area contributed by atoms with Crippen LogP contribution in [0.25, 0.3) is 0 Å². The normalized spacial score (nSPS) is 12.7. The van der Waals surface area contributed by atoms with Crippen molar-refractivity contribution in [2.24, 2.45) is 5.73 Å². The molecule has 0 saturated heterocycles. The Morgan fingerprint density at radius 2 is 2.11 bits per heavy atom. The van der Waals surface area contributed by atoms with Gasteiger partial charge in [-0.05, 0) is 30.5 Å². The second kappa shape index (κ2) is 6.26. The molecule has 2 rings (SSSR count). The molecule has 1 aliphatic heterocycles. The summed E-state index contributed by atoms with van der Waals surface area (Å²) in [5.74, 6) is 1.82. The number of amidine groups is 1. The topological polar surface area (TPSA) is 77.6 Å². The Labute approximate surface area is 106 Å². The smallest absolute Gasteiger partial charge is 0.231 e. The number of nitrogens with one attached hydrogen (secondary N) is 1. The third kappa shape index (κ3) is 3.63. The fourth-order valence-electron chi connectivity index (χ4n) is 1.74. The summed E-state index contributed by atoms with van der Waals surface area (Å²) >= 11 is 0.